The van der Waals surface area contributed by atoms with Crippen molar-refractivity contribution < 1.29 is 19.2 Å². The highest BCUT2D eigenvalue weighted by Gasteiger charge is 2.30. The van der Waals surface area contributed by atoms with Crippen molar-refractivity contribution in [1.82, 2.24) is 4.90 Å². The number of piperidine rings is 1. The molecule has 9 heteroatoms. The van der Waals surface area contributed by atoms with Gasteiger partial charge in [-0.05, 0) is 19.8 Å². The number of methoxy groups -OCH3 is 1. The van der Waals surface area contributed by atoms with Gasteiger partial charge < -0.3 is 20.1 Å². The number of halogens is 1. The zero-order valence-electron chi connectivity index (χ0n) is 13.7. The summed E-state index contributed by atoms with van der Waals surface area (Å²) in [7, 11) is 1.40. The average Bonchev–Trinajstić information content (AvgIpc) is 2.53. The third-order valence-corrected chi connectivity index (χ3v) is 3.75. The number of amides is 1. The lowest BCUT2D eigenvalue weighted by Crippen LogP contribution is -2.45. The third kappa shape index (κ3) is 4.27. The second-order valence-corrected chi connectivity index (χ2v) is 5.36. The number of ether oxygens (including phenoxy) is 2. The quantitative estimate of drug-likeness (QED) is 0.636. The number of rotatable bonds is 5. The highest BCUT2D eigenvalue weighted by atomic mass is 35.5. The molecule has 2 rings (SSSR count). The molecule has 0 bridgehead atoms. The van der Waals surface area contributed by atoms with Crippen LogP contribution < -0.4 is 15.2 Å². The van der Waals surface area contributed by atoms with Gasteiger partial charge in [-0.3, -0.25) is 14.9 Å². The number of hydrogen-bond acceptors (Lipinski definition) is 6. The minimum atomic E-state index is -0.588. The van der Waals surface area contributed by atoms with Crippen molar-refractivity contribution in [3.05, 3.63) is 27.8 Å². The van der Waals surface area contributed by atoms with Crippen molar-refractivity contribution in [3.8, 4) is 11.5 Å². The molecule has 1 aliphatic heterocycles. The number of nitrogens with zero attached hydrogens (tertiary/aromatic N) is 2. The highest BCUT2D eigenvalue weighted by molar-refractivity contribution is 5.99. The summed E-state index contributed by atoms with van der Waals surface area (Å²) in [5, 5.41) is 11.3. The number of nitro benzene ring substituents is 1. The van der Waals surface area contributed by atoms with Crippen molar-refractivity contribution in [1.29, 1.82) is 0 Å². The molecule has 1 atom stereocenters. The number of likely N-dealkylation sites (tertiary alicyclic amines) is 1. The Morgan fingerprint density at radius 2 is 2.17 bits per heavy atom. The first kappa shape index (κ1) is 20.0. The molecule has 0 spiro atoms. The SMILES string of the molecule is CCOc1cc(C(=O)N2CCCC(N)C2)c([N+](=O)[O-])cc1OC.Cl. The zero-order valence-corrected chi connectivity index (χ0v) is 14.5. The Kier molecular flexibility index (Phi) is 7.24. The van der Waals surface area contributed by atoms with Gasteiger partial charge in [0.05, 0.1) is 24.7 Å². The van der Waals surface area contributed by atoms with Gasteiger partial charge in [0, 0.05) is 25.2 Å². The van der Waals surface area contributed by atoms with E-state index in [0.717, 1.165) is 12.8 Å². The molecule has 0 aromatic heterocycles. The fraction of sp³-hybridized carbons (Fsp3) is 0.533. The van der Waals surface area contributed by atoms with Crippen LogP contribution in [0.2, 0.25) is 0 Å². The van der Waals surface area contributed by atoms with Gasteiger partial charge in [0.25, 0.3) is 11.6 Å². The smallest absolute Gasteiger partial charge is 0.286 e. The molecule has 0 radical (unpaired) electrons. The fourth-order valence-corrected chi connectivity index (χ4v) is 2.66. The van der Waals surface area contributed by atoms with E-state index in [1.807, 2.05) is 0 Å². The molecule has 1 aromatic rings. The number of carbonyl (C=O) groups excluding carboxylic acids is 1. The Labute approximate surface area is 146 Å². The molecule has 1 heterocycles. The summed E-state index contributed by atoms with van der Waals surface area (Å²) in [6.07, 6.45) is 1.63. The first-order valence-electron chi connectivity index (χ1n) is 7.52. The molecule has 0 aliphatic carbocycles. The van der Waals surface area contributed by atoms with Crippen LogP contribution in [0.5, 0.6) is 11.5 Å². The van der Waals surface area contributed by atoms with Gasteiger partial charge in [-0.15, -0.1) is 12.4 Å². The molecular weight excluding hydrogens is 338 g/mol. The Morgan fingerprint density at radius 3 is 2.71 bits per heavy atom. The largest absolute Gasteiger partial charge is 0.493 e. The Hall–Kier alpha value is -2.06. The number of hydrogen-bond donors (Lipinski definition) is 1. The lowest BCUT2D eigenvalue weighted by atomic mass is 10.0. The predicted molar refractivity (Wildman–Crippen MR) is 91.2 cm³/mol. The average molecular weight is 360 g/mol. The van der Waals surface area contributed by atoms with Crippen molar-refractivity contribution in [2.24, 2.45) is 5.73 Å². The van der Waals surface area contributed by atoms with E-state index in [1.165, 1.54) is 19.2 Å². The maximum atomic E-state index is 12.7. The maximum Gasteiger partial charge on any atom is 0.286 e. The highest BCUT2D eigenvalue weighted by Crippen LogP contribution is 2.35. The van der Waals surface area contributed by atoms with Crippen LogP contribution in [0.15, 0.2) is 12.1 Å². The summed E-state index contributed by atoms with van der Waals surface area (Å²) in [6, 6.07) is 2.50. The monoisotopic (exact) mass is 359 g/mol. The molecule has 1 aliphatic rings. The fourth-order valence-electron chi connectivity index (χ4n) is 2.66. The van der Waals surface area contributed by atoms with E-state index in [4.69, 9.17) is 15.2 Å². The third-order valence-electron chi connectivity index (χ3n) is 3.75. The summed E-state index contributed by atoms with van der Waals surface area (Å²) in [4.78, 5) is 25.0. The number of carbonyl (C=O) groups is 1. The number of nitrogens with two attached hydrogens (primary N) is 1. The summed E-state index contributed by atoms with van der Waals surface area (Å²) in [5.41, 5.74) is 5.59. The molecule has 24 heavy (non-hydrogen) atoms. The van der Waals surface area contributed by atoms with E-state index in [1.54, 1.807) is 11.8 Å². The summed E-state index contributed by atoms with van der Waals surface area (Å²) in [6.45, 7) is 3.08. The molecule has 134 valence electrons. The van der Waals surface area contributed by atoms with Crippen LogP contribution in [-0.2, 0) is 0 Å². The Balaban J connectivity index is 0.00000288. The lowest BCUT2D eigenvalue weighted by Gasteiger charge is -2.30. The van der Waals surface area contributed by atoms with Crippen molar-refractivity contribution >= 4 is 24.0 Å². The zero-order chi connectivity index (χ0) is 17.0. The van der Waals surface area contributed by atoms with E-state index in [2.05, 4.69) is 0 Å². The van der Waals surface area contributed by atoms with Crippen LogP contribution in [0.3, 0.4) is 0 Å². The van der Waals surface area contributed by atoms with Gasteiger partial charge in [0.1, 0.15) is 5.56 Å². The van der Waals surface area contributed by atoms with Crippen LogP contribution in [0.4, 0.5) is 5.69 Å². The van der Waals surface area contributed by atoms with E-state index < -0.39 is 10.8 Å². The molecule has 1 fully saturated rings. The molecule has 1 saturated heterocycles. The van der Waals surface area contributed by atoms with Crippen LogP contribution in [0.25, 0.3) is 0 Å². The first-order valence-corrected chi connectivity index (χ1v) is 7.52. The van der Waals surface area contributed by atoms with Gasteiger partial charge in [-0.2, -0.15) is 0 Å². The van der Waals surface area contributed by atoms with Crippen molar-refractivity contribution in [3.63, 3.8) is 0 Å². The lowest BCUT2D eigenvalue weighted by molar-refractivity contribution is -0.385. The van der Waals surface area contributed by atoms with Crippen molar-refractivity contribution in [2.75, 3.05) is 26.8 Å². The second-order valence-electron chi connectivity index (χ2n) is 5.36. The predicted octanol–water partition coefficient (Wildman–Crippen LogP) is 1.99. The van der Waals surface area contributed by atoms with Crippen LogP contribution in [-0.4, -0.2) is 48.6 Å². The van der Waals surface area contributed by atoms with E-state index >= 15 is 0 Å². The van der Waals surface area contributed by atoms with Crippen LogP contribution >= 0.6 is 12.4 Å². The van der Waals surface area contributed by atoms with E-state index in [0.29, 0.717) is 25.4 Å². The molecule has 0 saturated carbocycles. The molecular formula is C15H22ClN3O5. The van der Waals surface area contributed by atoms with Gasteiger partial charge in [-0.1, -0.05) is 0 Å². The number of benzene rings is 1. The minimum absolute atomic E-state index is 0. The topological polar surface area (TPSA) is 108 Å². The minimum Gasteiger partial charge on any atom is -0.493 e. The van der Waals surface area contributed by atoms with Crippen molar-refractivity contribution in [2.45, 2.75) is 25.8 Å². The normalized spacial score (nSPS) is 17.0. The van der Waals surface area contributed by atoms with E-state index in [9.17, 15) is 14.9 Å². The van der Waals surface area contributed by atoms with Crippen LogP contribution in [0.1, 0.15) is 30.1 Å². The van der Waals surface area contributed by atoms with Gasteiger partial charge in [0.15, 0.2) is 11.5 Å². The second kappa shape index (κ2) is 8.70. The molecule has 1 amide bonds. The first-order chi connectivity index (χ1) is 11.0. The molecule has 8 nitrogen and oxygen atoms in total. The molecule has 1 unspecified atom stereocenters. The Bertz CT molecular complexity index is 611. The van der Waals surface area contributed by atoms with E-state index in [-0.39, 0.29) is 35.4 Å². The van der Waals surface area contributed by atoms with Gasteiger partial charge in [0.2, 0.25) is 0 Å². The van der Waals surface area contributed by atoms with Gasteiger partial charge in [-0.25, -0.2) is 0 Å². The van der Waals surface area contributed by atoms with Gasteiger partial charge >= 0.3 is 0 Å². The summed E-state index contributed by atoms with van der Waals surface area (Å²) in [5.74, 6) is 0.131. The Morgan fingerprint density at radius 1 is 1.46 bits per heavy atom. The number of nitro groups is 1. The summed E-state index contributed by atoms with van der Waals surface area (Å²) >= 11 is 0. The van der Waals surface area contributed by atoms with Crippen LogP contribution in [0, 0.1) is 10.1 Å². The molecule has 2 N–H and O–H groups in total. The summed E-state index contributed by atoms with van der Waals surface area (Å²) < 4.78 is 10.5. The maximum absolute atomic E-state index is 12.7. The molecule has 1 aromatic carbocycles. The standard InChI is InChI=1S/C15H21N3O5.ClH/c1-3-23-14-7-11(12(18(20)21)8-13(14)22-2)15(19)17-6-4-5-10(16)9-17;/h7-8,10H,3-6,9,16H2,1-2H3;1H.